The van der Waals surface area contributed by atoms with Crippen LogP contribution in [0.25, 0.3) is 10.2 Å². The van der Waals surface area contributed by atoms with Crippen LogP contribution in [0.15, 0.2) is 53.5 Å². The zero-order valence-electron chi connectivity index (χ0n) is 15.8. The molecule has 0 saturated carbocycles. The van der Waals surface area contributed by atoms with Gasteiger partial charge in [-0.1, -0.05) is 47.7 Å². The molecule has 1 heterocycles. The number of carbonyl (C=O) groups is 1. The number of rotatable bonds is 7. The van der Waals surface area contributed by atoms with Gasteiger partial charge in [-0.05, 0) is 30.2 Å². The quantitative estimate of drug-likeness (QED) is 0.591. The lowest BCUT2D eigenvalue weighted by atomic mass is 10.2. The van der Waals surface area contributed by atoms with E-state index in [0.717, 1.165) is 15.8 Å². The number of fused-ring (bicyclic) bond motifs is 1. The van der Waals surface area contributed by atoms with Crippen LogP contribution in [0.1, 0.15) is 11.1 Å². The van der Waals surface area contributed by atoms with Crippen LogP contribution in [0, 0.1) is 6.92 Å². The molecule has 0 fully saturated rings. The third kappa shape index (κ3) is 5.15. The first kappa shape index (κ1) is 20.4. The van der Waals surface area contributed by atoms with Crippen LogP contribution in [0.3, 0.4) is 0 Å². The summed E-state index contributed by atoms with van der Waals surface area (Å²) in [4.78, 5) is 17.0. The number of thiazole rings is 1. The molecule has 1 aromatic heterocycles. The minimum atomic E-state index is -3.59. The Labute approximate surface area is 168 Å². The lowest BCUT2D eigenvalue weighted by molar-refractivity contribution is -0.115. The van der Waals surface area contributed by atoms with Crippen molar-refractivity contribution < 1.29 is 17.9 Å². The molecule has 1 amide bonds. The van der Waals surface area contributed by atoms with E-state index in [2.05, 4.69) is 4.99 Å². The minimum Gasteiger partial charge on any atom is -0.383 e. The van der Waals surface area contributed by atoms with E-state index < -0.39 is 21.5 Å². The first-order valence-corrected chi connectivity index (χ1v) is 11.4. The highest BCUT2D eigenvalue weighted by atomic mass is 32.2. The van der Waals surface area contributed by atoms with E-state index in [1.807, 2.05) is 35.8 Å². The number of carbonyl (C=O) groups excluding carboxylic acids is 1. The molecule has 0 aliphatic carbocycles. The van der Waals surface area contributed by atoms with Crippen molar-refractivity contribution in [1.29, 1.82) is 0 Å². The van der Waals surface area contributed by atoms with Gasteiger partial charge in [0, 0.05) is 13.7 Å². The van der Waals surface area contributed by atoms with Crippen LogP contribution in [0.4, 0.5) is 0 Å². The normalized spacial score (nSPS) is 12.6. The number of hydrogen-bond acceptors (Lipinski definition) is 5. The third-order valence-corrected chi connectivity index (χ3v) is 6.65. The highest BCUT2D eigenvalue weighted by Gasteiger charge is 2.18. The number of nitrogens with zero attached hydrogens (tertiary/aromatic N) is 2. The Bertz CT molecular complexity index is 1150. The Morgan fingerprint density at radius 3 is 2.64 bits per heavy atom. The minimum absolute atomic E-state index is 0.176. The number of aromatic nitrogens is 1. The molecule has 28 heavy (non-hydrogen) atoms. The molecule has 0 atom stereocenters. The first-order chi connectivity index (χ1) is 13.4. The van der Waals surface area contributed by atoms with Crippen molar-refractivity contribution in [2.75, 3.05) is 19.5 Å². The molecule has 0 aliphatic heterocycles. The summed E-state index contributed by atoms with van der Waals surface area (Å²) in [5.41, 5.74) is 2.71. The van der Waals surface area contributed by atoms with Gasteiger partial charge in [0.2, 0.25) is 0 Å². The lowest BCUT2D eigenvalue weighted by Crippen LogP contribution is -2.22. The highest BCUT2D eigenvalue weighted by molar-refractivity contribution is 7.91. The number of aryl methyl sites for hydroxylation is 1. The van der Waals surface area contributed by atoms with E-state index in [-0.39, 0.29) is 5.75 Å². The van der Waals surface area contributed by atoms with E-state index >= 15 is 0 Å². The van der Waals surface area contributed by atoms with Gasteiger partial charge in [-0.2, -0.15) is 4.99 Å². The predicted molar refractivity (Wildman–Crippen MR) is 111 cm³/mol. The van der Waals surface area contributed by atoms with E-state index in [0.29, 0.717) is 23.5 Å². The molecule has 0 N–H and O–H groups in total. The third-order valence-electron chi connectivity index (χ3n) is 4.15. The second-order valence-electron chi connectivity index (χ2n) is 6.52. The van der Waals surface area contributed by atoms with Gasteiger partial charge in [-0.3, -0.25) is 4.79 Å². The first-order valence-electron chi connectivity index (χ1n) is 8.79. The molecule has 3 aromatic rings. The average Bonchev–Trinajstić information content (AvgIpc) is 2.95. The van der Waals surface area contributed by atoms with Gasteiger partial charge in [0.25, 0.3) is 5.91 Å². The SMILES string of the molecule is COCCn1c(=NC(=O)CS(=O)(=O)Cc2ccccc2)sc2cc(C)ccc21. The van der Waals surface area contributed by atoms with Crippen molar-refractivity contribution in [1.82, 2.24) is 4.57 Å². The number of benzene rings is 2. The molecular weight excluding hydrogens is 396 g/mol. The molecular formula is C20H22N2O4S2. The van der Waals surface area contributed by atoms with Crippen LogP contribution in [0.5, 0.6) is 0 Å². The largest absolute Gasteiger partial charge is 0.383 e. The molecule has 0 unspecified atom stereocenters. The maximum absolute atomic E-state index is 12.4. The summed E-state index contributed by atoms with van der Waals surface area (Å²) in [6.45, 7) is 2.99. The summed E-state index contributed by atoms with van der Waals surface area (Å²) < 4.78 is 32.8. The van der Waals surface area contributed by atoms with Gasteiger partial charge >= 0.3 is 0 Å². The maximum atomic E-state index is 12.4. The smallest absolute Gasteiger partial charge is 0.263 e. The highest BCUT2D eigenvalue weighted by Crippen LogP contribution is 2.19. The van der Waals surface area contributed by atoms with E-state index in [9.17, 15) is 13.2 Å². The molecule has 0 bridgehead atoms. The van der Waals surface area contributed by atoms with Crippen molar-refractivity contribution in [2.45, 2.75) is 19.2 Å². The monoisotopic (exact) mass is 418 g/mol. The molecule has 148 valence electrons. The van der Waals surface area contributed by atoms with Gasteiger partial charge in [0.05, 0.1) is 22.6 Å². The van der Waals surface area contributed by atoms with E-state index in [1.165, 1.54) is 11.3 Å². The van der Waals surface area contributed by atoms with Crippen molar-refractivity contribution >= 4 is 37.3 Å². The zero-order chi connectivity index (χ0) is 20.1. The standard InChI is InChI=1S/C20H22N2O4S2/c1-15-8-9-17-18(12-15)27-20(22(17)10-11-26-2)21-19(23)14-28(24,25)13-16-6-4-3-5-7-16/h3-9,12H,10-11,13-14H2,1-2H3. The Hall–Kier alpha value is -2.29. The molecule has 0 radical (unpaired) electrons. The Kier molecular flexibility index (Phi) is 6.43. The van der Waals surface area contributed by atoms with Gasteiger partial charge in [-0.25, -0.2) is 8.42 Å². The van der Waals surface area contributed by atoms with Crippen LogP contribution < -0.4 is 4.80 Å². The maximum Gasteiger partial charge on any atom is 0.263 e. The fourth-order valence-corrected chi connectivity index (χ4v) is 5.29. The predicted octanol–water partition coefficient (Wildman–Crippen LogP) is 2.70. The van der Waals surface area contributed by atoms with Crippen molar-refractivity contribution in [3.63, 3.8) is 0 Å². The van der Waals surface area contributed by atoms with Crippen molar-refractivity contribution in [3.05, 3.63) is 64.5 Å². The molecule has 2 aromatic carbocycles. The second-order valence-corrected chi connectivity index (χ2v) is 9.60. The van der Waals surface area contributed by atoms with Gasteiger partial charge < -0.3 is 9.30 Å². The molecule has 0 aliphatic rings. The van der Waals surface area contributed by atoms with Gasteiger partial charge in [0.15, 0.2) is 14.6 Å². The summed E-state index contributed by atoms with van der Waals surface area (Å²) in [5.74, 6) is -1.45. The van der Waals surface area contributed by atoms with E-state index in [4.69, 9.17) is 4.74 Å². The topological polar surface area (TPSA) is 77.7 Å². The van der Waals surface area contributed by atoms with Gasteiger partial charge in [-0.15, -0.1) is 0 Å². The van der Waals surface area contributed by atoms with Crippen molar-refractivity contribution in [2.24, 2.45) is 4.99 Å². The Morgan fingerprint density at radius 1 is 1.18 bits per heavy atom. The fourth-order valence-electron chi connectivity index (χ4n) is 2.87. The average molecular weight is 419 g/mol. The number of ether oxygens (including phenoxy) is 1. The van der Waals surface area contributed by atoms with Crippen LogP contribution in [-0.2, 0) is 31.7 Å². The Balaban J connectivity index is 1.89. The van der Waals surface area contributed by atoms with Crippen molar-refractivity contribution in [3.8, 4) is 0 Å². The number of hydrogen-bond donors (Lipinski definition) is 0. The summed E-state index contributed by atoms with van der Waals surface area (Å²) in [6, 6.07) is 14.8. The summed E-state index contributed by atoms with van der Waals surface area (Å²) in [6.07, 6.45) is 0. The Morgan fingerprint density at radius 2 is 1.93 bits per heavy atom. The number of sulfone groups is 1. The molecule has 6 nitrogen and oxygen atoms in total. The van der Waals surface area contributed by atoms with E-state index in [1.54, 1.807) is 31.4 Å². The summed E-state index contributed by atoms with van der Waals surface area (Å²) in [5, 5.41) is 0. The van der Waals surface area contributed by atoms with Crippen LogP contribution in [0.2, 0.25) is 0 Å². The summed E-state index contributed by atoms with van der Waals surface area (Å²) >= 11 is 1.37. The fraction of sp³-hybridized carbons (Fsp3) is 0.300. The molecule has 0 saturated heterocycles. The zero-order valence-corrected chi connectivity index (χ0v) is 17.4. The molecule has 0 spiro atoms. The second kappa shape index (κ2) is 8.81. The number of amides is 1. The van der Waals surface area contributed by atoms with Gasteiger partial charge in [0.1, 0.15) is 5.75 Å². The molecule has 8 heteroatoms. The molecule has 3 rings (SSSR count). The lowest BCUT2D eigenvalue weighted by Gasteiger charge is -2.05. The summed E-state index contributed by atoms with van der Waals surface area (Å²) in [7, 11) is -1.98. The number of methoxy groups -OCH3 is 1. The van der Waals surface area contributed by atoms with Crippen LogP contribution in [-0.4, -0.2) is 38.4 Å². The van der Waals surface area contributed by atoms with Crippen LogP contribution >= 0.6 is 11.3 Å².